The van der Waals surface area contributed by atoms with Gasteiger partial charge in [0.1, 0.15) is 0 Å². The van der Waals surface area contributed by atoms with E-state index in [2.05, 4.69) is 34.7 Å². The molecule has 0 radical (unpaired) electrons. The molecule has 0 bridgehead atoms. The largest absolute Gasteiger partial charge is 0.398 e. The molecule has 0 aliphatic carbocycles. The summed E-state index contributed by atoms with van der Waals surface area (Å²) in [6.45, 7) is 5.16. The SMILES string of the molecule is CCc1cc(CCc2cnccc2N)n(CC)n1. The minimum absolute atomic E-state index is 0.822. The van der Waals surface area contributed by atoms with Gasteiger partial charge < -0.3 is 5.73 Å². The third-order valence-corrected chi connectivity index (χ3v) is 3.17. The van der Waals surface area contributed by atoms with Gasteiger partial charge in [-0.25, -0.2) is 0 Å². The second-order valence-corrected chi connectivity index (χ2v) is 4.37. The molecule has 0 atom stereocenters. The Balaban J connectivity index is 2.10. The highest BCUT2D eigenvalue weighted by Gasteiger charge is 2.07. The third-order valence-electron chi connectivity index (χ3n) is 3.17. The van der Waals surface area contributed by atoms with E-state index in [0.29, 0.717) is 0 Å². The standard InChI is InChI=1S/C14H20N4/c1-3-12-9-13(18(4-2)17-12)6-5-11-10-16-8-7-14(11)15/h7-10H,3-6H2,1-2H3,(H2,15,16). The maximum absolute atomic E-state index is 5.92. The molecule has 2 aromatic heterocycles. The second kappa shape index (κ2) is 5.67. The number of hydrogen-bond acceptors (Lipinski definition) is 3. The van der Waals surface area contributed by atoms with Gasteiger partial charge >= 0.3 is 0 Å². The Kier molecular flexibility index (Phi) is 3.97. The van der Waals surface area contributed by atoms with Crippen LogP contribution in [0.4, 0.5) is 5.69 Å². The lowest BCUT2D eigenvalue weighted by atomic mass is 10.1. The smallest absolute Gasteiger partial charge is 0.0624 e. The van der Waals surface area contributed by atoms with Crippen molar-refractivity contribution in [3.05, 3.63) is 41.5 Å². The van der Waals surface area contributed by atoms with Crippen molar-refractivity contribution in [1.29, 1.82) is 0 Å². The van der Waals surface area contributed by atoms with E-state index in [9.17, 15) is 0 Å². The molecule has 0 aliphatic heterocycles. The zero-order chi connectivity index (χ0) is 13.0. The van der Waals surface area contributed by atoms with Crippen molar-refractivity contribution in [3.63, 3.8) is 0 Å². The average molecular weight is 244 g/mol. The summed E-state index contributed by atoms with van der Waals surface area (Å²) in [6.07, 6.45) is 6.42. The quantitative estimate of drug-likeness (QED) is 0.877. The Morgan fingerprint density at radius 1 is 1.28 bits per heavy atom. The molecule has 4 heteroatoms. The predicted octanol–water partition coefficient (Wildman–Crippen LogP) is 2.23. The van der Waals surface area contributed by atoms with Crippen LogP contribution in [-0.4, -0.2) is 14.8 Å². The normalized spacial score (nSPS) is 10.8. The van der Waals surface area contributed by atoms with Crippen molar-refractivity contribution in [1.82, 2.24) is 14.8 Å². The van der Waals surface area contributed by atoms with Gasteiger partial charge in [0.05, 0.1) is 5.69 Å². The minimum Gasteiger partial charge on any atom is -0.398 e. The summed E-state index contributed by atoms with van der Waals surface area (Å²) in [5.74, 6) is 0. The summed E-state index contributed by atoms with van der Waals surface area (Å²) in [7, 11) is 0. The average Bonchev–Trinajstić information content (AvgIpc) is 2.80. The zero-order valence-corrected chi connectivity index (χ0v) is 11.1. The maximum atomic E-state index is 5.92. The maximum Gasteiger partial charge on any atom is 0.0624 e. The van der Waals surface area contributed by atoms with Crippen LogP contribution in [-0.2, 0) is 25.8 Å². The van der Waals surface area contributed by atoms with Crippen LogP contribution in [0.1, 0.15) is 30.8 Å². The lowest BCUT2D eigenvalue weighted by Crippen LogP contribution is -2.05. The number of aryl methyl sites for hydroxylation is 4. The molecule has 2 rings (SSSR count). The summed E-state index contributed by atoms with van der Waals surface area (Å²) in [4.78, 5) is 4.12. The number of nitrogen functional groups attached to an aromatic ring is 1. The number of pyridine rings is 1. The van der Waals surface area contributed by atoms with Crippen LogP contribution >= 0.6 is 0 Å². The van der Waals surface area contributed by atoms with Gasteiger partial charge in [-0.15, -0.1) is 0 Å². The number of rotatable bonds is 5. The fourth-order valence-electron chi connectivity index (χ4n) is 2.07. The van der Waals surface area contributed by atoms with Gasteiger partial charge in [-0.1, -0.05) is 6.92 Å². The van der Waals surface area contributed by atoms with Gasteiger partial charge in [0.2, 0.25) is 0 Å². The third kappa shape index (κ3) is 2.70. The number of nitrogens with two attached hydrogens (primary N) is 1. The summed E-state index contributed by atoms with van der Waals surface area (Å²) in [5, 5.41) is 4.55. The van der Waals surface area contributed by atoms with E-state index in [1.54, 1.807) is 6.20 Å². The van der Waals surface area contributed by atoms with E-state index in [0.717, 1.165) is 42.8 Å². The highest BCUT2D eigenvalue weighted by molar-refractivity contribution is 5.44. The van der Waals surface area contributed by atoms with E-state index in [1.165, 1.54) is 5.69 Å². The first kappa shape index (κ1) is 12.6. The van der Waals surface area contributed by atoms with Crippen LogP contribution in [0.15, 0.2) is 24.5 Å². The predicted molar refractivity (Wildman–Crippen MR) is 73.3 cm³/mol. The minimum atomic E-state index is 0.822. The Labute approximate surface area is 108 Å². The first-order chi connectivity index (χ1) is 8.74. The fourth-order valence-corrected chi connectivity index (χ4v) is 2.07. The number of aromatic nitrogens is 3. The molecule has 0 fully saturated rings. The summed E-state index contributed by atoms with van der Waals surface area (Å²) < 4.78 is 2.07. The van der Waals surface area contributed by atoms with Crippen LogP contribution in [0.3, 0.4) is 0 Å². The van der Waals surface area contributed by atoms with Crippen LogP contribution < -0.4 is 5.73 Å². The summed E-state index contributed by atoms with van der Waals surface area (Å²) >= 11 is 0. The molecule has 0 amide bonds. The first-order valence-corrected chi connectivity index (χ1v) is 6.48. The van der Waals surface area contributed by atoms with E-state index < -0.39 is 0 Å². The lowest BCUT2D eigenvalue weighted by Gasteiger charge is -2.06. The molecule has 0 saturated heterocycles. The molecule has 2 aromatic rings. The van der Waals surface area contributed by atoms with Crippen molar-refractivity contribution in [2.45, 2.75) is 39.7 Å². The van der Waals surface area contributed by atoms with E-state index >= 15 is 0 Å². The molecule has 0 saturated carbocycles. The Morgan fingerprint density at radius 3 is 2.78 bits per heavy atom. The summed E-state index contributed by atoms with van der Waals surface area (Å²) in [5.41, 5.74) is 10.3. The molecule has 2 N–H and O–H groups in total. The van der Waals surface area contributed by atoms with E-state index in [4.69, 9.17) is 5.73 Å². The molecule has 0 spiro atoms. The van der Waals surface area contributed by atoms with Crippen LogP contribution in [0, 0.1) is 0 Å². The molecule has 96 valence electrons. The number of nitrogens with zero attached hydrogens (tertiary/aromatic N) is 3. The van der Waals surface area contributed by atoms with Crippen molar-refractivity contribution < 1.29 is 0 Å². The van der Waals surface area contributed by atoms with Crippen molar-refractivity contribution in [2.75, 3.05) is 5.73 Å². The van der Waals surface area contributed by atoms with E-state index in [1.807, 2.05) is 12.3 Å². The molecular formula is C14H20N4. The van der Waals surface area contributed by atoms with E-state index in [-0.39, 0.29) is 0 Å². The number of anilines is 1. The Hall–Kier alpha value is -1.84. The monoisotopic (exact) mass is 244 g/mol. The lowest BCUT2D eigenvalue weighted by molar-refractivity contribution is 0.611. The molecule has 4 nitrogen and oxygen atoms in total. The number of hydrogen-bond donors (Lipinski definition) is 1. The highest BCUT2D eigenvalue weighted by atomic mass is 15.3. The fraction of sp³-hybridized carbons (Fsp3) is 0.429. The topological polar surface area (TPSA) is 56.7 Å². The van der Waals surface area contributed by atoms with Crippen LogP contribution in [0.25, 0.3) is 0 Å². The molecule has 0 aromatic carbocycles. The Bertz CT molecular complexity index is 516. The highest BCUT2D eigenvalue weighted by Crippen LogP contribution is 2.14. The van der Waals surface area contributed by atoms with Crippen LogP contribution in [0.2, 0.25) is 0 Å². The second-order valence-electron chi connectivity index (χ2n) is 4.37. The first-order valence-electron chi connectivity index (χ1n) is 6.48. The molecule has 2 heterocycles. The van der Waals surface area contributed by atoms with Crippen molar-refractivity contribution in [3.8, 4) is 0 Å². The molecule has 0 aliphatic rings. The van der Waals surface area contributed by atoms with Crippen molar-refractivity contribution in [2.24, 2.45) is 0 Å². The van der Waals surface area contributed by atoms with Crippen molar-refractivity contribution >= 4 is 5.69 Å². The van der Waals surface area contributed by atoms with Gasteiger partial charge in [0.25, 0.3) is 0 Å². The molecular weight excluding hydrogens is 224 g/mol. The Morgan fingerprint density at radius 2 is 2.11 bits per heavy atom. The van der Waals surface area contributed by atoms with Gasteiger partial charge in [-0.3, -0.25) is 9.67 Å². The van der Waals surface area contributed by atoms with Gasteiger partial charge in [0, 0.05) is 30.3 Å². The summed E-state index contributed by atoms with van der Waals surface area (Å²) in [6, 6.07) is 4.04. The van der Waals surface area contributed by atoms with Gasteiger partial charge in [-0.05, 0) is 43.9 Å². The molecule has 0 unspecified atom stereocenters. The van der Waals surface area contributed by atoms with Gasteiger partial charge in [0.15, 0.2) is 0 Å². The molecule has 18 heavy (non-hydrogen) atoms. The van der Waals surface area contributed by atoms with Crippen LogP contribution in [0.5, 0.6) is 0 Å². The van der Waals surface area contributed by atoms with Gasteiger partial charge in [-0.2, -0.15) is 5.10 Å². The zero-order valence-electron chi connectivity index (χ0n) is 11.1.